The Labute approximate surface area is 76.1 Å². The van der Waals surface area contributed by atoms with Gasteiger partial charge in [-0.05, 0) is 20.8 Å². The van der Waals surface area contributed by atoms with Crippen LogP contribution in [0.5, 0.6) is 0 Å². The number of hydroxylamine groups is 2. The quantitative estimate of drug-likeness (QED) is 0.267. The van der Waals surface area contributed by atoms with E-state index in [0.29, 0.717) is 5.06 Å². The van der Waals surface area contributed by atoms with Crippen LogP contribution in [-0.4, -0.2) is 33.8 Å². The van der Waals surface area contributed by atoms with E-state index in [2.05, 4.69) is 4.99 Å². The highest BCUT2D eigenvalue weighted by molar-refractivity contribution is 5.77. The van der Waals surface area contributed by atoms with E-state index >= 15 is 0 Å². The van der Waals surface area contributed by atoms with E-state index in [9.17, 15) is 10.1 Å². The third-order valence-electron chi connectivity index (χ3n) is 0.939. The Morgan fingerprint density at radius 1 is 1.62 bits per heavy atom. The molecule has 0 bridgehead atoms. The van der Waals surface area contributed by atoms with Crippen LogP contribution in [0.25, 0.3) is 0 Å². The zero-order chi connectivity index (χ0) is 10.6. The minimum atomic E-state index is -0.780. The van der Waals surface area contributed by atoms with Crippen molar-refractivity contribution in [3.8, 4) is 0 Å². The fraction of sp³-hybridized carbons (Fsp3) is 0.833. The first kappa shape index (κ1) is 11.6. The molecule has 0 unspecified atom stereocenters. The summed E-state index contributed by atoms with van der Waals surface area (Å²) in [5.41, 5.74) is 1.29. The highest BCUT2D eigenvalue weighted by Gasteiger charge is 2.15. The molecule has 7 nitrogen and oxygen atoms in total. The smallest absolute Gasteiger partial charge is 0.280 e. The second-order valence-corrected chi connectivity index (χ2v) is 3.50. The Morgan fingerprint density at radius 2 is 2.08 bits per heavy atom. The van der Waals surface area contributed by atoms with Crippen molar-refractivity contribution < 1.29 is 10.2 Å². The van der Waals surface area contributed by atoms with Gasteiger partial charge in [0.15, 0.2) is 5.03 Å². The molecule has 0 amide bonds. The molecule has 0 aliphatic carbocycles. The van der Waals surface area contributed by atoms with Gasteiger partial charge in [0.25, 0.3) is 5.96 Å². The molecule has 0 aromatic carbocycles. The average Bonchev–Trinajstić information content (AvgIpc) is 1.81. The topological polar surface area (TPSA) is 91.0 Å². The number of nitro groups is 1. The van der Waals surface area contributed by atoms with Gasteiger partial charge in [-0.2, -0.15) is 0 Å². The van der Waals surface area contributed by atoms with E-state index in [4.69, 9.17) is 5.21 Å². The molecule has 2 N–H and O–H groups in total. The number of aliphatic imine (C=N–C) groups is 1. The second-order valence-electron chi connectivity index (χ2n) is 3.50. The van der Waals surface area contributed by atoms with Crippen molar-refractivity contribution in [3.63, 3.8) is 0 Å². The number of hydrogen-bond donors (Lipinski definition) is 2. The van der Waals surface area contributed by atoms with E-state index in [0.717, 1.165) is 0 Å². The zero-order valence-electron chi connectivity index (χ0n) is 8.11. The Kier molecular flexibility index (Phi) is 3.61. The van der Waals surface area contributed by atoms with Crippen molar-refractivity contribution in [3.05, 3.63) is 10.1 Å². The summed E-state index contributed by atoms with van der Waals surface area (Å²) in [4.78, 5) is 14.0. The Morgan fingerprint density at radius 3 is 2.31 bits per heavy atom. The van der Waals surface area contributed by atoms with Crippen LogP contribution in [0, 0.1) is 10.1 Å². The van der Waals surface area contributed by atoms with E-state index < -0.39 is 10.6 Å². The highest BCUT2D eigenvalue weighted by atomic mass is 16.7. The minimum Gasteiger partial charge on any atom is -0.286 e. The maximum absolute atomic E-state index is 10.1. The van der Waals surface area contributed by atoms with Crippen molar-refractivity contribution >= 4 is 5.96 Å². The molecular formula is C6H14N4O3. The number of nitrogens with zero attached hydrogens (tertiary/aromatic N) is 3. The van der Waals surface area contributed by atoms with Crippen LogP contribution in [-0.2, 0) is 0 Å². The zero-order valence-corrected chi connectivity index (χ0v) is 8.11. The van der Waals surface area contributed by atoms with Gasteiger partial charge < -0.3 is 0 Å². The van der Waals surface area contributed by atoms with Crippen LogP contribution in [0.2, 0.25) is 0 Å². The maximum atomic E-state index is 10.1. The summed E-state index contributed by atoms with van der Waals surface area (Å²) in [5.74, 6) is -0.197. The SMILES string of the molecule is CN(O)C(=NC(C)(C)C)N[N+](=O)[O-]. The molecule has 0 atom stereocenters. The summed E-state index contributed by atoms with van der Waals surface area (Å²) < 4.78 is 0. The van der Waals surface area contributed by atoms with Crippen LogP contribution in [0.4, 0.5) is 0 Å². The van der Waals surface area contributed by atoms with Gasteiger partial charge in [-0.25, -0.2) is 20.2 Å². The van der Waals surface area contributed by atoms with Crippen molar-refractivity contribution in [1.29, 1.82) is 0 Å². The molecule has 0 heterocycles. The molecular weight excluding hydrogens is 176 g/mol. The van der Waals surface area contributed by atoms with E-state index in [1.807, 2.05) is 0 Å². The minimum absolute atomic E-state index is 0.197. The molecule has 0 aliphatic rings. The summed E-state index contributed by atoms with van der Waals surface area (Å²) in [5, 5.41) is 18.8. The van der Waals surface area contributed by atoms with Crippen LogP contribution < -0.4 is 5.43 Å². The Hall–Kier alpha value is -1.37. The van der Waals surface area contributed by atoms with E-state index in [-0.39, 0.29) is 5.96 Å². The molecule has 0 radical (unpaired) electrons. The van der Waals surface area contributed by atoms with E-state index in [1.54, 1.807) is 26.2 Å². The van der Waals surface area contributed by atoms with Gasteiger partial charge in [-0.3, -0.25) is 5.21 Å². The van der Waals surface area contributed by atoms with Crippen molar-refractivity contribution in [2.24, 2.45) is 4.99 Å². The summed E-state index contributed by atoms with van der Waals surface area (Å²) in [6, 6.07) is 0. The normalized spacial score (nSPS) is 12.5. The summed E-state index contributed by atoms with van der Waals surface area (Å²) >= 11 is 0. The van der Waals surface area contributed by atoms with Crippen LogP contribution in [0.1, 0.15) is 20.8 Å². The summed E-state index contributed by atoms with van der Waals surface area (Å²) in [6.07, 6.45) is 0. The van der Waals surface area contributed by atoms with Crippen LogP contribution >= 0.6 is 0 Å². The van der Waals surface area contributed by atoms with Gasteiger partial charge in [-0.15, -0.1) is 0 Å². The number of hydrazine groups is 1. The molecule has 7 heteroatoms. The van der Waals surface area contributed by atoms with Crippen LogP contribution in [0.15, 0.2) is 4.99 Å². The van der Waals surface area contributed by atoms with Gasteiger partial charge in [0.2, 0.25) is 0 Å². The molecule has 0 rings (SSSR count). The number of guanidine groups is 1. The number of hydrogen-bond acceptors (Lipinski definition) is 4. The number of rotatable bonds is 1. The van der Waals surface area contributed by atoms with Gasteiger partial charge in [0, 0.05) is 7.05 Å². The average molecular weight is 190 g/mol. The first-order valence-electron chi connectivity index (χ1n) is 3.66. The highest BCUT2D eigenvalue weighted by Crippen LogP contribution is 2.06. The fourth-order valence-corrected chi connectivity index (χ4v) is 0.569. The molecule has 0 saturated carbocycles. The van der Waals surface area contributed by atoms with Gasteiger partial charge in [0.05, 0.1) is 5.54 Å². The lowest BCUT2D eigenvalue weighted by molar-refractivity contribution is -0.527. The predicted molar refractivity (Wildman–Crippen MR) is 46.9 cm³/mol. The van der Waals surface area contributed by atoms with Crippen molar-refractivity contribution in [1.82, 2.24) is 10.5 Å². The standard InChI is InChI=1S/C6H14N4O3/c1-6(2,3)7-5(9(4)11)8-10(12)13/h11H,1-4H3,(H,7,8). The molecule has 0 saturated heterocycles. The van der Waals surface area contributed by atoms with E-state index in [1.165, 1.54) is 7.05 Å². The summed E-state index contributed by atoms with van der Waals surface area (Å²) in [6.45, 7) is 5.29. The molecule has 76 valence electrons. The largest absolute Gasteiger partial charge is 0.286 e. The molecule has 13 heavy (non-hydrogen) atoms. The predicted octanol–water partition coefficient (Wildman–Crippen LogP) is 0.243. The molecule has 0 aliphatic heterocycles. The van der Waals surface area contributed by atoms with Gasteiger partial charge in [0.1, 0.15) is 0 Å². The van der Waals surface area contributed by atoms with Crippen molar-refractivity contribution in [2.75, 3.05) is 7.05 Å². The first-order valence-corrected chi connectivity index (χ1v) is 3.66. The lowest BCUT2D eigenvalue weighted by Gasteiger charge is -2.17. The monoisotopic (exact) mass is 190 g/mol. The lowest BCUT2D eigenvalue weighted by Crippen LogP contribution is -2.41. The van der Waals surface area contributed by atoms with Gasteiger partial charge in [-0.1, -0.05) is 5.43 Å². The Bertz CT molecular complexity index is 218. The Balaban J connectivity index is 4.61. The summed E-state index contributed by atoms with van der Waals surface area (Å²) in [7, 11) is 1.25. The first-order chi connectivity index (χ1) is 5.72. The van der Waals surface area contributed by atoms with Gasteiger partial charge >= 0.3 is 0 Å². The molecule has 0 aromatic rings. The maximum Gasteiger partial charge on any atom is 0.280 e. The van der Waals surface area contributed by atoms with Crippen LogP contribution in [0.3, 0.4) is 0 Å². The third kappa shape index (κ3) is 5.85. The molecule has 0 fully saturated rings. The second kappa shape index (κ2) is 4.04. The third-order valence-corrected chi connectivity index (χ3v) is 0.939. The fourth-order valence-electron chi connectivity index (χ4n) is 0.569. The molecule has 0 spiro atoms. The van der Waals surface area contributed by atoms with Crippen molar-refractivity contribution in [2.45, 2.75) is 26.3 Å². The molecule has 0 aromatic heterocycles. The lowest BCUT2D eigenvalue weighted by atomic mass is 10.1. The number of nitrogens with one attached hydrogen (secondary N) is 1.